The van der Waals surface area contributed by atoms with E-state index in [4.69, 9.17) is 0 Å². The summed E-state index contributed by atoms with van der Waals surface area (Å²) in [5.41, 5.74) is 0. The summed E-state index contributed by atoms with van der Waals surface area (Å²) in [5.74, 6) is 0. The van der Waals surface area contributed by atoms with Gasteiger partial charge in [-0.1, -0.05) is 38.3 Å². The number of quaternary nitrogens is 2. The van der Waals surface area contributed by atoms with Crippen LogP contribution in [0.5, 0.6) is 0 Å². The molecule has 4 fully saturated rings. The van der Waals surface area contributed by atoms with Crippen LogP contribution in [0.4, 0.5) is 50.4 Å². The van der Waals surface area contributed by atoms with Gasteiger partial charge in [0.05, 0.1) is 26.2 Å². The number of hydrogen-bond donors (Lipinski definition) is 0. The summed E-state index contributed by atoms with van der Waals surface area (Å²) in [4.78, 5) is 9.76. The fourth-order valence-electron chi connectivity index (χ4n) is 4.77. The van der Waals surface area contributed by atoms with Crippen molar-refractivity contribution in [2.24, 2.45) is 0 Å². The molecule has 0 spiro atoms. The van der Waals surface area contributed by atoms with E-state index in [0.29, 0.717) is 0 Å². The Hall–Kier alpha value is 0.699. The first-order valence-corrected chi connectivity index (χ1v) is 16.4. The Kier molecular flexibility index (Phi) is 19.8. The predicted molar refractivity (Wildman–Crippen MR) is 146 cm³/mol. The standard InChI is InChI=1S/2C10H21N3.2F6P.2Mn.3H2O/c2*1-11-4-6-13(3)7-5-12(2)9-10(13)8-11;2*1-7(2,3,4,5)6;;;;;/h2*4-9H2,1-3H3;;;;;3*1H2/q;;2*-1;2*+3;;;. The van der Waals surface area contributed by atoms with Gasteiger partial charge in [-0.15, -0.1) is 0 Å². The maximum atomic E-state index is 9.87. The minimum atomic E-state index is -10.7. The molecule has 4 heterocycles. The van der Waals surface area contributed by atoms with Gasteiger partial charge >= 0.3 is 100 Å². The summed E-state index contributed by atoms with van der Waals surface area (Å²) < 4.78 is 121. The smallest absolute Gasteiger partial charge is 0.412 e. The van der Waals surface area contributed by atoms with Gasteiger partial charge in [0.1, 0.15) is 0 Å². The quantitative estimate of drug-likeness (QED) is 0.121. The minimum absolute atomic E-state index is 0. The normalized spacial score (nSPS) is 25.5. The van der Waals surface area contributed by atoms with Gasteiger partial charge in [-0.25, -0.2) is 0 Å². The first kappa shape index (κ1) is 55.1. The number of rotatable bonds is 0. The molecule has 25 heteroatoms. The number of piperazine rings is 4. The van der Waals surface area contributed by atoms with Crippen molar-refractivity contribution in [1.29, 1.82) is 0 Å². The van der Waals surface area contributed by atoms with Crippen LogP contribution in [-0.2, 0) is 34.1 Å². The molecule has 4 aliphatic rings. The molecule has 0 aliphatic carbocycles. The Morgan fingerprint density at radius 1 is 0.422 bits per heavy atom. The molecule has 0 atom stereocenters. The molecule has 6 N–H and O–H groups in total. The van der Waals surface area contributed by atoms with E-state index in [1.165, 1.54) is 87.5 Å². The average molecular weight is 820 g/mol. The van der Waals surface area contributed by atoms with Crippen LogP contribution < -0.4 is 0 Å². The Balaban J connectivity index is -0.000000159. The van der Waals surface area contributed by atoms with Gasteiger partial charge in [0.25, 0.3) is 0 Å². The molecular weight excluding hydrogens is 772 g/mol. The molecule has 4 saturated heterocycles. The molecule has 0 aromatic rings. The van der Waals surface area contributed by atoms with Crippen LogP contribution in [0.3, 0.4) is 0 Å². The van der Waals surface area contributed by atoms with Gasteiger partial charge in [0, 0.05) is 40.3 Å². The summed E-state index contributed by atoms with van der Waals surface area (Å²) >= 11 is 0. The molecule has 0 bridgehead atoms. The third-order valence-corrected chi connectivity index (χ3v) is 7.24. The van der Waals surface area contributed by atoms with Crippen molar-refractivity contribution in [1.82, 2.24) is 19.6 Å². The van der Waals surface area contributed by atoms with Crippen molar-refractivity contribution in [2.75, 3.05) is 121 Å². The molecule has 45 heavy (non-hydrogen) atoms. The summed E-state index contributed by atoms with van der Waals surface area (Å²) in [6, 6.07) is 3.39. The van der Waals surface area contributed by atoms with E-state index in [-0.39, 0.29) is 50.6 Å². The Labute approximate surface area is 277 Å². The van der Waals surface area contributed by atoms with E-state index in [2.05, 4.69) is 61.9 Å². The maximum absolute atomic E-state index is 10.7. The maximum Gasteiger partial charge on any atom is 3.00 e. The van der Waals surface area contributed by atoms with Gasteiger partial charge in [0.15, 0.2) is 0 Å². The van der Waals surface area contributed by atoms with Crippen LogP contribution >= 0.6 is 15.6 Å². The van der Waals surface area contributed by atoms with Crippen molar-refractivity contribution in [3.63, 3.8) is 0 Å². The number of fused-ring (bicyclic) bond motifs is 2. The van der Waals surface area contributed by atoms with Gasteiger partial charge in [-0.05, 0) is 28.2 Å². The minimum Gasteiger partial charge on any atom is -0.412 e. The van der Waals surface area contributed by atoms with E-state index < -0.39 is 15.6 Å². The second kappa shape index (κ2) is 16.2. The van der Waals surface area contributed by atoms with Crippen LogP contribution in [0.2, 0.25) is 0 Å². The summed E-state index contributed by atoms with van der Waals surface area (Å²) in [6.07, 6.45) is 0. The molecular formula is C20H48F12Mn2N6O3P2+4. The zero-order valence-electron chi connectivity index (χ0n) is 25.9. The van der Waals surface area contributed by atoms with Gasteiger partial charge in [-0.2, -0.15) is 0 Å². The van der Waals surface area contributed by atoms with Crippen molar-refractivity contribution in [3.05, 3.63) is 12.1 Å². The number of hydrogen-bond acceptors (Lipinski definition) is 4. The molecule has 0 saturated carbocycles. The average Bonchev–Trinajstić information content (AvgIpc) is 2.66. The summed E-state index contributed by atoms with van der Waals surface area (Å²) in [6.45, 7) is 15.0. The number of halogens is 12. The number of nitrogens with zero attached hydrogens (tertiary/aromatic N) is 6. The van der Waals surface area contributed by atoms with E-state index in [9.17, 15) is 50.4 Å². The van der Waals surface area contributed by atoms with E-state index in [1.54, 1.807) is 12.1 Å². The largest absolute Gasteiger partial charge is 3.00 e. The molecule has 0 unspecified atom stereocenters. The van der Waals surface area contributed by atoms with Gasteiger partial charge in [-0.3, -0.25) is 0 Å². The first-order chi connectivity index (χ1) is 17.1. The van der Waals surface area contributed by atoms with E-state index in [1.807, 2.05) is 0 Å². The molecule has 0 amide bonds. The van der Waals surface area contributed by atoms with Crippen LogP contribution in [0.1, 0.15) is 0 Å². The van der Waals surface area contributed by atoms with E-state index in [0.717, 1.165) is 0 Å². The molecule has 4 rings (SSSR count). The monoisotopic (exact) mass is 820 g/mol. The summed E-state index contributed by atoms with van der Waals surface area (Å²) in [7, 11) is -7.61. The Morgan fingerprint density at radius 3 is 0.689 bits per heavy atom. The van der Waals surface area contributed by atoms with Crippen LogP contribution in [0, 0.1) is 12.1 Å². The van der Waals surface area contributed by atoms with Crippen LogP contribution in [0.25, 0.3) is 0 Å². The van der Waals surface area contributed by atoms with Gasteiger partial charge < -0.3 is 45.0 Å². The Bertz CT molecular complexity index is 757. The third kappa shape index (κ3) is 29.3. The van der Waals surface area contributed by atoms with Crippen molar-refractivity contribution in [3.8, 4) is 0 Å². The molecule has 280 valence electrons. The topological polar surface area (TPSA) is 107 Å². The van der Waals surface area contributed by atoms with Crippen LogP contribution in [0.15, 0.2) is 0 Å². The van der Waals surface area contributed by atoms with Crippen molar-refractivity contribution >= 4 is 15.6 Å². The van der Waals surface area contributed by atoms with Crippen molar-refractivity contribution in [2.45, 2.75) is 0 Å². The fourth-order valence-corrected chi connectivity index (χ4v) is 4.77. The second-order valence-corrected chi connectivity index (χ2v) is 15.5. The van der Waals surface area contributed by atoms with Crippen molar-refractivity contribution < 1.29 is 110 Å². The molecule has 4 aliphatic heterocycles. The van der Waals surface area contributed by atoms with Gasteiger partial charge in [0.2, 0.25) is 0 Å². The molecule has 0 aromatic heterocycles. The SMILES string of the molecule is CN1CC[N+]2(C)CCN(C)C[C-]2C1.CN1CC[N+]2(C)CCN(C)C[C-]2C1.F[P-](F)(F)(F)(F)F.F[P-](F)(F)(F)(F)F.O.O.O.[Mn+3].[Mn+3]. The Morgan fingerprint density at radius 2 is 0.556 bits per heavy atom. The fraction of sp³-hybridized carbons (Fsp3) is 0.900. The zero-order chi connectivity index (χ0) is 31.8. The molecule has 0 radical (unpaired) electrons. The third-order valence-electron chi connectivity index (χ3n) is 7.24. The predicted octanol–water partition coefficient (Wildman–Crippen LogP) is 4.00. The number of likely N-dealkylation sites (N-methyl/N-ethyl adjacent to an activating group) is 6. The molecule has 9 nitrogen and oxygen atoms in total. The molecule has 0 aromatic carbocycles. The zero-order valence-corrected chi connectivity index (χ0v) is 30.0. The second-order valence-electron chi connectivity index (χ2n) is 11.7. The van der Waals surface area contributed by atoms with Crippen LogP contribution in [-0.4, -0.2) is 166 Å². The first-order valence-electron chi connectivity index (χ1n) is 12.4. The van der Waals surface area contributed by atoms with E-state index >= 15 is 0 Å². The summed E-state index contributed by atoms with van der Waals surface area (Å²) in [5, 5.41) is 0.